The Kier molecular flexibility index (Phi) is 7.83. The van der Waals surface area contributed by atoms with Crippen molar-refractivity contribution >= 4 is 12.0 Å². The molecule has 110 valence electrons. The van der Waals surface area contributed by atoms with E-state index in [9.17, 15) is 14.7 Å². The van der Waals surface area contributed by atoms with Crippen molar-refractivity contribution in [3.05, 3.63) is 12.7 Å². The highest BCUT2D eigenvalue weighted by Crippen LogP contribution is 2.25. The molecule has 6 heteroatoms. The van der Waals surface area contributed by atoms with Gasteiger partial charge >= 0.3 is 12.0 Å². The zero-order chi connectivity index (χ0) is 14.9. The summed E-state index contributed by atoms with van der Waals surface area (Å²) in [6, 6.07) is -0.388. The first kappa shape index (κ1) is 17.4. The van der Waals surface area contributed by atoms with Gasteiger partial charge in [0.05, 0.1) is 12.0 Å². The Hall–Kier alpha value is -1.56. The number of hydrogen-bond acceptors (Lipinski definition) is 3. The lowest BCUT2D eigenvalue weighted by Gasteiger charge is -2.29. The largest absolute Gasteiger partial charge is 0.481 e. The Bertz CT molecular complexity index is 314. The summed E-state index contributed by atoms with van der Waals surface area (Å²) in [5.41, 5.74) is -0.936. The Balaban J connectivity index is 4.61. The van der Waals surface area contributed by atoms with E-state index in [-0.39, 0.29) is 25.7 Å². The van der Waals surface area contributed by atoms with Crippen molar-refractivity contribution in [2.45, 2.75) is 26.7 Å². The summed E-state index contributed by atoms with van der Waals surface area (Å²) in [6.07, 6.45) is 2.44. The van der Waals surface area contributed by atoms with Crippen molar-refractivity contribution in [1.29, 1.82) is 0 Å². The van der Waals surface area contributed by atoms with Gasteiger partial charge < -0.3 is 20.4 Å². The second-order valence-corrected chi connectivity index (χ2v) is 4.41. The molecule has 3 N–H and O–H groups in total. The number of aliphatic hydroxyl groups is 1. The van der Waals surface area contributed by atoms with Crippen LogP contribution in [-0.4, -0.2) is 53.4 Å². The first-order valence-corrected chi connectivity index (χ1v) is 6.45. The highest BCUT2D eigenvalue weighted by molar-refractivity contribution is 5.78. The molecule has 0 unspecified atom stereocenters. The predicted molar refractivity (Wildman–Crippen MR) is 72.9 cm³/mol. The second-order valence-electron chi connectivity index (χ2n) is 4.41. The monoisotopic (exact) mass is 272 g/mol. The predicted octanol–water partition coefficient (Wildman–Crippen LogP) is 1.07. The average Bonchev–Trinajstić information content (AvgIpc) is 2.39. The quantitative estimate of drug-likeness (QED) is 0.548. The first-order chi connectivity index (χ1) is 8.97. The van der Waals surface area contributed by atoms with E-state index in [1.165, 1.54) is 4.90 Å². The van der Waals surface area contributed by atoms with Gasteiger partial charge in [-0.25, -0.2) is 4.79 Å². The minimum absolute atomic E-state index is 0.0766. The highest BCUT2D eigenvalue weighted by Gasteiger charge is 2.35. The van der Waals surface area contributed by atoms with E-state index in [1.54, 1.807) is 19.9 Å². The molecule has 0 saturated carbocycles. The van der Waals surface area contributed by atoms with Gasteiger partial charge in [0, 0.05) is 19.6 Å². The van der Waals surface area contributed by atoms with Crippen LogP contribution in [0.15, 0.2) is 12.7 Å². The molecule has 0 aromatic carbocycles. The third-order valence-corrected chi connectivity index (χ3v) is 3.39. The molecule has 0 bridgehead atoms. The lowest BCUT2D eigenvalue weighted by atomic mass is 9.82. The van der Waals surface area contributed by atoms with E-state index in [1.807, 2.05) is 0 Å². The number of carbonyl (C=O) groups is 2. The summed E-state index contributed by atoms with van der Waals surface area (Å²) in [5, 5.41) is 20.8. The molecule has 0 heterocycles. The molecule has 0 spiro atoms. The maximum absolute atomic E-state index is 11.9. The van der Waals surface area contributed by atoms with Gasteiger partial charge in [0.15, 0.2) is 0 Å². The van der Waals surface area contributed by atoms with E-state index < -0.39 is 11.4 Å². The fraction of sp³-hybridized carbons (Fsp3) is 0.692. The summed E-state index contributed by atoms with van der Waals surface area (Å²) < 4.78 is 0. The smallest absolute Gasteiger partial charge is 0.317 e. The van der Waals surface area contributed by atoms with Crippen molar-refractivity contribution < 1.29 is 19.8 Å². The molecule has 0 rings (SSSR count). The van der Waals surface area contributed by atoms with Crippen LogP contribution < -0.4 is 5.32 Å². The Morgan fingerprint density at radius 1 is 1.37 bits per heavy atom. The molecule has 2 amide bonds. The van der Waals surface area contributed by atoms with Gasteiger partial charge in [-0.2, -0.15) is 0 Å². The van der Waals surface area contributed by atoms with Crippen molar-refractivity contribution in [3.63, 3.8) is 0 Å². The summed E-state index contributed by atoms with van der Waals surface area (Å²) in [6.45, 7) is 7.55. The van der Waals surface area contributed by atoms with Crippen molar-refractivity contribution in [3.8, 4) is 0 Å². The lowest BCUT2D eigenvalue weighted by molar-refractivity contribution is -0.149. The normalized spacial score (nSPS) is 10.9. The molecule has 0 aromatic heterocycles. The molecule has 0 saturated heterocycles. The minimum Gasteiger partial charge on any atom is -0.481 e. The number of hydrogen-bond donors (Lipinski definition) is 3. The van der Waals surface area contributed by atoms with Crippen LogP contribution in [0.25, 0.3) is 0 Å². The first-order valence-electron chi connectivity index (χ1n) is 6.45. The lowest BCUT2D eigenvalue weighted by Crippen LogP contribution is -2.48. The van der Waals surface area contributed by atoms with E-state index in [0.717, 1.165) is 0 Å². The van der Waals surface area contributed by atoms with Gasteiger partial charge in [0.1, 0.15) is 0 Å². The molecule has 0 aliphatic heterocycles. The van der Waals surface area contributed by atoms with Crippen molar-refractivity contribution in [2.24, 2.45) is 5.41 Å². The molecule has 0 atom stereocenters. The molecule has 0 radical (unpaired) electrons. The number of urea groups is 1. The summed E-state index contributed by atoms with van der Waals surface area (Å²) in [7, 11) is 0. The third kappa shape index (κ3) is 4.90. The van der Waals surface area contributed by atoms with Crippen LogP contribution in [0.5, 0.6) is 0 Å². The van der Waals surface area contributed by atoms with Crippen molar-refractivity contribution in [2.75, 3.05) is 26.2 Å². The molecule has 0 fully saturated rings. The summed E-state index contributed by atoms with van der Waals surface area (Å²) in [4.78, 5) is 24.6. The van der Waals surface area contributed by atoms with E-state index in [0.29, 0.717) is 19.4 Å². The fourth-order valence-electron chi connectivity index (χ4n) is 1.79. The second kappa shape index (κ2) is 8.53. The van der Waals surface area contributed by atoms with Gasteiger partial charge in [-0.15, -0.1) is 6.58 Å². The van der Waals surface area contributed by atoms with Gasteiger partial charge in [-0.05, 0) is 12.8 Å². The molecular weight excluding hydrogens is 248 g/mol. The number of carboxylic acids is 1. The molecular formula is C13H24N2O4. The third-order valence-electron chi connectivity index (χ3n) is 3.39. The number of aliphatic hydroxyl groups excluding tert-OH is 1. The minimum atomic E-state index is -0.936. The van der Waals surface area contributed by atoms with Crippen LogP contribution in [0.2, 0.25) is 0 Å². The number of nitrogens with one attached hydrogen (secondary N) is 1. The SMILES string of the molecule is C=CCN(CCO)C(=O)NCC(CC)(CC)C(=O)O. The van der Waals surface area contributed by atoms with E-state index >= 15 is 0 Å². The Morgan fingerprint density at radius 3 is 2.32 bits per heavy atom. The van der Waals surface area contributed by atoms with Crippen LogP contribution in [0, 0.1) is 5.41 Å². The Labute approximate surface area is 114 Å². The average molecular weight is 272 g/mol. The number of carbonyl (C=O) groups excluding carboxylic acids is 1. The van der Waals surface area contributed by atoms with Gasteiger partial charge in [-0.3, -0.25) is 4.79 Å². The van der Waals surface area contributed by atoms with E-state index in [4.69, 9.17) is 5.11 Å². The van der Waals surface area contributed by atoms with Gasteiger partial charge in [-0.1, -0.05) is 19.9 Å². The van der Waals surface area contributed by atoms with Crippen molar-refractivity contribution in [1.82, 2.24) is 10.2 Å². The number of aliphatic carboxylic acids is 1. The number of amides is 2. The van der Waals surface area contributed by atoms with Gasteiger partial charge in [0.2, 0.25) is 0 Å². The Morgan fingerprint density at radius 2 is 1.95 bits per heavy atom. The van der Waals surface area contributed by atoms with Crippen LogP contribution in [0.3, 0.4) is 0 Å². The highest BCUT2D eigenvalue weighted by atomic mass is 16.4. The summed E-state index contributed by atoms with van der Waals surface area (Å²) >= 11 is 0. The zero-order valence-corrected chi connectivity index (χ0v) is 11.7. The topological polar surface area (TPSA) is 89.9 Å². The number of nitrogens with zero attached hydrogens (tertiary/aromatic N) is 1. The van der Waals surface area contributed by atoms with Crippen LogP contribution in [-0.2, 0) is 4.79 Å². The number of carboxylic acid groups (broad SMARTS) is 1. The zero-order valence-electron chi connectivity index (χ0n) is 11.7. The molecule has 6 nitrogen and oxygen atoms in total. The maximum Gasteiger partial charge on any atom is 0.317 e. The molecule has 19 heavy (non-hydrogen) atoms. The molecule has 0 aliphatic carbocycles. The number of rotatable bonds is 9. The fourth-order valence-corrected chi connectivity index (χ4v) is 1.79. The molecule has 0 aromatic rings. The van der Waals surface area contributed by atoms with Crippen LogP contribution >= 0.6 is 0 Å². The maximum atomic E-state index is 11.9. The summed E-state index contributed by atoms with van der Waals surface area (Å²) in [5.74, 6) is -0.907. The van der Waals surface area contributed by atoms with Gasteiger partial charge in [0.25, 0.3) is 0 Å². The van der Waals surface area contributed by atoms with E-state index in [2.05, 4.69) is 11.9 Å². The standard InChI is InChI=1S/C13H24N2O4/c1-4-7-15(8-9-16)12(19)14-10-13(5-2,6-3)11(17)18/h4,16H,1,5-10H2,2-3H3,(H,14,19)(H,17,18). The molecule has 0 aliphatic rings. The van der Waals surface area contributed by atoms with Crippen LogP contribution in [0.1, 0.15) is 26.7 Å². The van der Waals surface area contributed by atoms with Crippen LogP contribution in [0.4, 0.5) is 4.79 Å².